The van der Waals surface area contributed by atoms with Crippen LogP contribution in [0.5, 0.6) is 0 Å². The molecule has 0 bridgehead atoms. The third-order valence-corrected chi connectivity index (χ3v) is 4.52. The average Bonchev–Trinajstić information content (AvgIpc) is 2.71. The summed E-state index contributed by atoms with van der Waals surface area (Å²) >= 11 is 0. The number of aromatic nitrogens is 3. The monoisotopic (exact) mass is 386 g/mol. The molecule has 0 unspecified atom stereocenters. The molecule has 1 aromatic heterocycles. The Kier molecular flexibility index (Phi) is 4.96. The van der Waals surface area contributed by atoms with Crippen molar-refractivity contribution in [3.63, 3.8) is 0 Å². The summed E-state index contributed by atoms with van der Waals surface area (Å²) in [6.45, 7) is 2.50. The molecule has 1 N–H and O–H groups in total. The molecule has 144 valence electrons. The lowest BCUT2D eigenvalue weighted by Gasteiger charge is -2.36. The van der Waals surface area contributed by atoms with Crippen LogP contribution < -0.4 is 15.1 Å². The fourth-order valence-electron chi connectivity index (χ4n) is 3.10. The summed E-state index contributed by atoms with van der Waals surface area (Å²) in [6.07, 6.45) is 1.52. The molecular weight excluding hydrogens is 369 g/mol. The van der Waals surface area contributed by atoms with Crippen LogP contribution in [-0.2, 0) is 0 Å². The van der Waals surface area contributed by atoms with Crippen molar-refractivity contribution in [3.8, 4) is 0 Å². The second kappa shape index (κ2) is 7.71. The summed E-state index contributed by atoms with van der Waals surface area (Å²) < 4.78 is 40.8. The van der Waals surface area contributed by atoms with Crippen molar-refractivity contribution < 1.29 is 13.2 Å². The third kappa shape index (κ3) is 3.83. The Morgan fingerprint density at radius 2 is 1.61 bits per heavy atom. The van der Waals surface area contributed by atoms with Crippen molar-refractivity contribution >= 4 is 23.1 Å². The molecule has 4 rings (SSSR count). The van der Waals surface area contributed by atoms with Crippen molar-refractivity contribution in [2.24, 2.45) is 0 Å². The van der Waals surface area contributed by atoms with Crippen molar-refractivity contribution in [1.82, 2.24) is 15.2 Å². The van der Waals surface area contributed by atoms with Gasteiger partial charge in [0.1, 0.15) is 17.5 Å². The van der Waals surface area contributed by atoms with Gasteiger partial charge in [0.05, 0.1) is 17.6 Å². The number of halogens is 3. The van der Waals surface area contributed by atoms with E-state index in [2.05, 4.69) is 20.5 Å². The molecule has 2 aromatic carbocycles. The fourth-order valence-corrected chi connectivity index (χ4v) is 3.10. The molecule has 28 heavy (non-hydrogen) atoms. The SMILES string of the molecule is Fc1ccc(Nc2nncc(N3CCN(c4ccccc4F)CC3)n2)c(F)c1. The van der Waals surface area contributed by atoms with E-state index in [4.69, 9.17) is 0 Å². The van der Waals surface area contributed by atoms with E-state index in [1.165, 1.54) is 18.3 Å². The number of rotatable bonds is 4. The maximum absolute atomic E-state index is 14.0. The van der Waals surface area contributed by atoms with E-state index in [0.29, 0.717) is 37.7 Å². The van der Waals surface area contributed by atoms with Crippen LogP contribution >= 0.6 is 0 Å². The quantitative estimate of drug-likeness (QED) is 0.742. The number of hydrogen-bond donors (Lipinski definition) is 1. The lowest BCUT2D eigenvalue weighted by molar-refractivity contribution is 0.585. The molecule has 1 saturated heterocycles. The zero-order chi connectivity index (χ0) is 19.5. The summed E-state index contributed by atoms with van der Waals surface area (Å²) in [7, 11) is 0. The summed E-state index contributed by atoms with van der Waals surface area (Å²) in [5, 5.41) is 10.5. The fraction of sp³-hybridized carbons (Fsp3) is 0.211. The van der Waals surface area contributed by atoms with Crippen LogP contribution in [0.15, 0.2) is 48.7 Å². The van der Waals surface area contributed by atoms with Gasteiger partial charge in [-0.05, 0) is 24.3 Å². The molecule has 0 aliphatic carbocycles. The third-order valence-electron chi connectivity index (χ3n) is 4.52. The first-order valence-electron chi connectivity index (χ1n) is 8.76. The van der Waals surface area contributed by atoms with Crippen LogP contribution in [0.1, 0.15) is 0 Å². The van der Waals surface area contributed by atoms with Gasteiger partial charge in [-0.2, -0.15) is 10.1 Å². The second-order valence-electron chi connectivity index (χ2n) is 6.31. The van der Waals surface area contributed by atoms with E-state index in [9.17, 15) is 13.2 Å². The van der Waals surface area contributed by atoms with Gasteiger partial charge in [-0.1, -0.05) is 12.1 Å². The van der Waals surface area contributed by atoms with Crippen molar-refractivity contribution in [1.29, 1.82) is 0 Å². The summed E-state index contributed by atoms with van der Waals surface area (Å²) in [5.74, 6) is -0.962. The summed E-state index contributed by atoms with van der Waals surface area (Å²) in [5.41, 5.74) is 0.641. The number of benzene rings is 2. The van der Waals surface area contributed by atoms with Gasteiger partial charge in [0.15, 0.2) is 5.82 Å². The summed E-state index contributed by atoms with van der Waals surface area (Å²) in [4.78, 5) is 8.34. The minimum atomic E-state index is -0.743. The zero-order valence-electron chi connectivity index (χ0n) is 14.8. The number of nitrogens with zero attached hydrogens (tertiary/aromatic N) is 5. The summed E-state index contributed by atoms with van der Waals surface area (Å²) in [6, 6.07) is 9.88. The molecule has 2 heterocycles. The van der Waals surface area contributed by atoms with Crippen LogP contribution in [0, 0.1) is 17.5 Å². The van der Waals surface area contributed by atoms with E-state index in [-0.39, 0.29) is 17.5 Å². The lowest BCUT2D eigenvalue weighted by atomic mass is 10.2. The highest BCUT2D eigenvalue weighted by atomic mass is 19.1. The van der Waals surface area contributed by atoms with Crippen molar-refractivity contribution in [2.75, 3.05) is 41.3 Å². The standard InChI is InChI=1S/C19H17F3N6/c20-13-5-6-16(15(22)11-13)24-19-25-18(12-23-26-19)28-9-7-27(8-10-28)17-4-2-1-3-14(17)21/h1-6,11-12H,7-10H2,(H,24,25,26). The molecule has 9 heteroatoms. The smallest absolute Gasteiger partial charge is 0.249 e. The average molecular weight is 386 g/mol. The molecule has 6 nitrogen and oxygen atoms in total. The van der Waals surface area contributed by atoms with Gasteiger partial charge in [0, 0.05) is 32.2 Å². The topological polar surface area (TPSA) is 57.2 Å². The molecule has 1 fully saturated rings. The highest BCUT2D eigenvalue weighted by Gasteiger charge is 2.21. The van der Waals surface area contributed by atoms with Crippen LogP contribution in [0.4, 0.5) is 36.3 Å². The van der Waals surface area contributed by atoms with Gasteiger partial charge in [-0.25, -0.2) is 13.2 Å². The normalized spacial score (nSPS) is 14.2. The van der Waals surface area contributed by atoms with E-state index in [0.717, 1.165) is 12.1 Å². The van der Waals surface area contributed by atoms with Crippen LogP contribution in [-0.4, -0.2) is 41.4 Å². The largest absolute Gasteiger partial charge is 0.366 e. The van der Waals surface area contributed by atoms with Crippen molar-refractivity contribution in [3.05, 3.63) is 66.1 Å². The number of para-hydroxylation sites is 1. The molecule has 3 aromatic rings. The van der Waals surface area contributed by atoms with Gasteiger partial charge < -0.3 is 15.1 Å². The van der Waals surface area contributed by atoms with Gasteiger partial charge in [0.25, 0.3) is 0 Å². The first kappa shape index (κ1) is 18.0. The first-order valence-corrected chi connectivity index (χ1v) is 8.76. The molecule has 0 amide bonds. The predicted molar refractivity (Wildman–Crippen MR) is 100 cm³/mol. The van der Waals surface area contributed by atoms with E-state index in [1.54, 1.807) is 12.1 Å². The van der Waals surface area contributed by atoms with E-state index in [1.807, 2.05) is 15.9 Å². The van der Waals surface area contributed by atoms with Gasteiger partial charge in [-0.15, -0.1) is 5.10 Å². The first-order chi connectivity index (χ1) is 13.6. The van der Waals surface area contributed by atoms with Crippen molar-refractivity contribution in [2.45, 2.75) is 0 Å². The van der Waals surface area contributed by atoms with E-state index >= 15 is 0 Å². The second-order valence-corrected chi connectivity index (χ2v) is 6.31. The maximum atomic E-state index is 14.0. The minimum Gasteiger partial charge on any atom is -0.366 e. The number of hydrogen-bond acceptors (Lipinski definition) is 6. The Hall–Kier alpha value is -3.36. The van der Waals surface area contributed by atoms with Gasteiger partial charge >= 0.3 is 0 Å². The molecule has 0 radical (unpaired) electrons. The van der Waals surface area contributed by atoms with Crippen LogP contribution in [0.2, 0.25) is 0 Å². The molecule has 0 saturated carbocycles. The molecular formula is C19H17F3N6. The predicted octanol–water partition coefficient (Wildman–Crippen LogP) is 3.36. The highest BCUT2D eigenvalue weighted by molar-refractivity contribution is 5.55. The Bertz CT molecular complexity index is 975. The Balaban J connectivity index is 1.44. The van der Waals surface area contributed by atoms with Gasteiger partial charge in [0.2, 0.25) is 5.95 Å². The number of nitrogens with one attached hydrogen (secondary N) is 1. The minimum absolute atomic E-state index is 0.0599. The van der Waals surface area contributed by atoms with E-state index < -0.39 is 11.6 Å². The Morgan fingerprint density at radius 1 is 0.857 bits per heavy atom. The Labute approximate surface area is 159 Å². The molecule has 0 spiro atoms. The highest BCUT2D eigenvalue weighted by Crippen LogP contribution is 2.23. The molecule has 1 aliphatic rings. The maximum Gasteiger partial charge on any atom is 0.249 e. The molecule has 1 aliphatic heterocycles. The van der Waals surface area contributed by atoms with Crippen LogP contribution in [0.25, 0.3) is 0 Å². The lowest BCUT2D eigenvalue weighted by Crippen LogP contribution is -2.47. The zero-order valence-corrected chi connectivity index (χ0v) is 14.8. The van der Waals surface area contributed by atoms with Gasteiger partial charge in [-0.3, -0.25) is 0 Å². The Morgan fingerprint density at radius 3 is 2.36 bits per heavy atom. The van der Waals surface area contributed by atoms with Crippen LogP contribution in [0.3, 0.4) is 0 Å². The number of piperazine rings is 1. The number of anilines is 4. The molecule has 0 atom stereocenters.